The third-order valence-corrected chi connectivity index (χ3v) is 3.63. The predicted octanol–water partition coefficient (Wildman–Crippen LogP) is 2.17. The van der Waals surface area contributed by atoms with E-state index in [1.807, 2.05) is 6.07 Å². The number of rotatable bonds is 5. The smallest absolute Gasteiger partial charge is 0.122 e. The minimum Gasteiger partial charge on any atom is -0.468 e. The van der Waals surface area contributed by atoms with E-state index in [0.29, 0.717) is 6.04 Å². The lowest BCUT2D eigenvalue weighted by atomic mass is 10.2. The average molecular weight is 220 g/mol. The summed E-state index contributed by atoms with van der Waals surface area (Å²) in [5, 5.41) is 3.62. The molecule has 2 aliphatic rings. The SMILES string of the molecule is c1coc(C(CNC2CC2)N2CCCC2)c1. The molecule has 0 radical (unpaired) electrons. The van der Waals surface area contributed by atoms with Crippen molar-refractivity contribution in [3.05, 3.63) is 24.2 Å². The number of hydrogen-bond donors (Lipinski definition) is 1. The van der Waals surface area contributed by atoms with Crippen molar-refractivity contribution in [3.8, 4) is 0 Å². The molecule has 1 aromatic heterocycles. The summed E-state index contributed by atoms with van der Waals surface area (Å²) >= 11 is 0. The molecule has 0 aromatic carbocycles. The summed E-state index contributed by atoms with van der Waals surface area (Å²) in [6, 6.07) is 5.32. The van der Waals surface area contributed by atoms with E-state index in [9.17, 15) is 0 Å². The molecule has 1 aliphatic heterocycles. The van der Waals surface area contributed by atoms with Gasteiger partial charge in [0.15, 0.2) is 0 Å². The maximum absolute atomic E-state index is 5.58. The molecule has 3 heteroatoms. The monoisotopic (exact) mass is 220 g/mol. The predicted molar refractivity (Wildman–Crippen MR) is 63.3 cm³/mol. The summed E-state index contributed by atoms with van der Waals surface area (Å²) in [5.74, 6) is 1.12. The Kier molecular flexibility index (Phi) is 2.98. The van der Waals surface area contributed by atoms with Crippen molar-refractivity contribution in [2.24, 2.45) is 0 Å². The highest BCUT2D eigenvalue weighted by molar-refractivity contribution is 5.06. The zero-order chi connectivity index (χ0) is 10.8. The molecule has 0 bridgehead atoms. The van der Waals surface area contributed by atoms with E-state index < -0.39 is 0 Å². The first kappa shape index (κ1) is 10.4. The topological polar surface area (TPSA) is 28.4 Å². The summed E-state index contributed by atoms with van der Waals surface area (Å²) in [7, 11) is 0. The van der Waals surface area contributed by atoms with Crippen LogP contribution in [0, 0.1) is 0 Å². The van der Waals surface area contributed by atoms with Crippen LogP contribution in [0.25, 0.3) is 0 Å². The second-order valence-electron chi connectivity index (χ2n) is 4.96. The summed E-state index contributed by atoms with van der Waals surface area (Å²) < 4.78 is 5.58. The summed E-state index contributed by atoms with van der Waals surface area (Å²) in [6.45, 7) is 3.48. The first-order valence-corrected chi connectivity index (χ1v) is 6.44. The lowest BCUT2D eigenvalue weighted by Crippen LogP contribution is -2.34. The van der Waals surface area contributed by atoms with Crippen LogP contribution in [-0.4, -0.2) is 30.6 Å². The first-order chi connectivity index (χ1) is 7.93. The fourth-order valence-corrected chi connectivity index (χ4v) is 2.51. The minimum absolute atomic E-state index is 0.443. The van der Waals surface area contributed by atoms with E-state index in [2.05, 4.69) is 16.3 Å². The zero-order valence-electron chi connectivity index (χ0n) is 9.69. The summed E-state index contributed by atoms with van der Waals surface area (Å²) in [6.07, 6.45) is 7.16. The van der Waals surface area contributed by atoms with Gasteiger partial charge in [0.05, 0.1) is 12.3 Å². The van der Waals surface area contributed by atoms with Gasteiger partial charge in [-0.2, -0.15) is 0 Å². The molecule has 16 heavy (non-hydrogen) atoms. The lowest BCUT2D eigenvalue weighted by Gasteiger charge is -2.26. The zero-order valence-corrected chi connectivity index (χ0v) is 9.69. The van der Waals surface area contributed by atoms with Gasteiger partial charge in [0.2, 0.25) is 0 Å². The molecular formula is C13H20N2O. The van der Waals surface area contributed by atoms with Gasteiger partial charge in [-0.25, -0.2) is 0 Å². The van der Waals surface area contributed by atoms with Gasteiger partial charge in [-0.3, -0.25) is 4.90 Å². The molecule has 0 amide bonds. The van der Waals surface area contributed by atoms with E-state index in [-0.39, 0.29) is 0 Å². The Labute approximate surface area is 96.8 Å². The fourth-order valence-electron chi connectivity index (χ4n) is 2.51. The highest BCUT2D eigenvalue weighted by Gasteiger charge is 2.28. The Morgan fingerprint density at radius 1 is 1.38 bits per heavy atom. The number of hydrogen-bond acceptors (Lipinski definition) is 3. The van der Waals surface area contributed by atoms with Crippen LogP contribution < -0.4 is 5.32 Å². The van der Waals surface area contributed by atoms with Crippen molar-refractivity contribution in [1.29, 1.82) is 0 Å². The van der Waals surface area contributed by atoms with Crippen molar-refractivity contribution in [3.63, 3.8) is 0 Å². The van der Waals surface area contributed by atoms with Crippen molar-refractivity contribution < 1.29 is 4.42 Å². The van der Waals surface area contributed by atoms with Crippen LogP contribution in [-0.2, 0) is 0 Å². The normalized spacial score (nSPS) is 23.8. The highest BCUT2D eigenvalue weighted by atomic mass is 16.3. The van der Waals surface area contributed by atoms with Crippen molar-refractivity contribution >= 4 is 0 Å². The van der Waals surface area contributed by atoms with Crippen LogP contribution in [0.3, 0.4) is 0 Å². The Balaban J connectivity index is 1.66. The van der Waals surface area contributed by atoms with Crippen molar-refractivity contribution in [2.45, 2.75) is 37.8 Å². The minimum atomic E-state index is 0.443. The highest BCUT2D eigenvalue weighted by Crippen LogP contribution is 2.26. The molecule has 88 valence electrons. The lowest BCUT2D eigenvalue weighted by molar-refractivity contribution is 0.209. The van der Waals surface area contributed by atoms with E-state index in [0.717, 1.165) is 18.3 Å². The molecule has 3 rings (SSSR count). The second-order valence-corrected chi connectivity index (χ2v) is 4.96. The third kappa shape index (κ3) is 2.30. The molecule has 1 aromatic rings. The maximum atomic E-state index is 5.58. The summed E-state index contributed by atoms with van der Waals surface area (Å²) in [5.41, 5.74) is 0. The van der Waals surface area contributed by atoms with E-state index in [1.165, 1.54) is 38.8 Å². The van der Waals surface area contributed by atoms with Crippen LogP contribution in [0.2, 0.25) is 0 Å². The van der Waals surface area contributed by atoms with Gasteiger partial charge >= 0.3 is 0 Å². The Hall–Kier alpha value is -0.800. The van der Waals surface area contributed by atoms with Crippen molar-refractivity contribution in [2.75, 3.05) is 19.6 Å². The second kappa shape index (κ2) is 4.60. The molecule has 1 atom stereocenters. The maximum Gasteiger partial charge on any atom is 0.122 e. The summed E-state index contributed by atoms with van der Waals surface area (Å²) in [4.78, 5) is 2.55. The first-order valence-electron chi connectivity index (χ1n) is 6.44. The third-order valence-electron chi connectivity index (χ3n) is 3.63. The fraction of sp³-hybridized carbons (Fsp3) is 0.692. The van der Waals surface area contributed by atoms with Crippen LogP contribution >= 0.6 is 0 Å². The van der Waals surface area contributed by atoms with Crippen LogP contribution in [0.15, 0.2) is 22.8 Å². The van der Waals surface area contributed by atoms with Gasteiger partial charge in [-0.1, -0.05) is 0 Å². The standard InChI is InChI=1S/C13H20N2O/c1-2-8-15(7-1)12(10-14-11-5-6-11)13-4-3-9-16-13/h3-4,9,11-12,14H,1-2,5-8,10H2. The number of likely N-dealkylation sites (tertiary alicyclic amines) is 1. The molecule has 0 spiro atoms. The Morgan fingerprint density at radius 2 is 2.19 bits per heavy atom. The molecule has 1 saturated heterocycles. The molecule has 1 saturated carbocycles. The quantitative estimate of drug-likeness (QED) is 0.824. The van der Waals surface area contributed by atoms with Crippen molar-refractivity contribution in [1.82, 2.24) is 10.2 Å². The largest absolute Gasteiger partial charge is 0.468 e. The van der Waals surface area contributed by atoms with Crippen LogP contribution in [0.1, 0.15) is 37.5 Å². The van der Waals surface area contributed by atoms with Gasteiger partial charge in [0.1, 0.15) is 5.76 Å². The molecule has 3 nitrogen and oxygen atoms in total. The molecule has 2 fully saturated rings. The molecular weight excluding hydrogens is 200 g/mol. The molecule has 1 N–H and O–H groups in total. The van der Waals surface area contributed by atoms with E-state index >= 15 is 0 Å². The van der Waals surface area contributed by atoms with Crippen LogP contribution in [0.4, 0.5) is 0 Å². The Morgan fingerprint density at radius 3 is 2.81 bits per heavy atom. The van der Waals surface area contributed by atoms with Gasteiger partial charge in [0.25, 0.3) is 0 Å². The van der Waals surface area contributed by atoms with Gasteiger partial charge in [0, 0.05) is 12.6 Å². The van der Waals surface area contributed by atoms with Gasteiger partial charge in [-0.15, -0.1) is 0 Å². The van der Waals surface area contributed by atoms with Gasteiger partial charge in [-0.05, 0) is 50.9 Å². The van der Waals surface area contributed by atoms with Crippen LogP contribution in [0.5, 0.6) is 0 Å². The van der Waals surface area contributed by atoms with E-state index in [4.69, 9.17) is 4.42 Å². The number of nitrogens with one attached hydrogen (secondary N) is 1. The van der Waals surface area contributed by atoms with Gasteiger partial charge < -0.3 is 9.73 Å². The van der Waals surface area contributed by atoms with E-state index in [1.54, 1.807) is 6.26 Å². The molecule has 2 heterocycles. The number of nitrogens with zero attached hydrogens (tertiary/aromatic N) is 1. The Bertz CT molecular complexity index is 313. The average Bonchev–Trinajstić information content (AvgIpc) is 2.82. The molecule has 1 unspecified atom stereocenters. The number of furan rings is 1. The molecule has 1 aliphatic carbocycles.